The molecule has 0 bridgehead atoms. The summed E-state index contributed by atoms with van der Waals surface area (Å²) in [6.07, 6.45) is 8.00. The number of carbonyl (C=O) groups excluding carboxylic acids is 2. The first-order chi connectivity index (χ1) is 18.4. The number of carbonyl (C=O) groups is 2. The van der Waals surface area contributed by atoms with Crippen molar-refractivity contribution in [3.05, 3.63) is 48.3 Å². The van der Waals surface area contributed by atoms with Gasteiger partial charge >= 0.3 is 0 Å². The number of H-pyrrole nitrogens is 1. The van der Waals surface area contributed by atoms with Gasteiger partial charge in [0, 0.05) is 50.3 Å². The molecule has 2 amide bonds. The molecule has 11 heteroatoms. The molecule has 0 atom stereocenters. The summed E-state index contributed by atoms with van der Waals surface area (Å²) < 4.78 is 0. The molecule has 0 spiro atoms. The van der Waals surface area contributed by atoms with Crippen molar-refractivity contribution < 1.29 is 9.59 Å². The second-order valence-corrected chi connectivity index (χ2v) is 8.90. The molecule has 0 saturated heterocycles. The van der Waals surface area contributed by atoms with Gasteiger partial charge in [0.1, 0.15) is 5.82 Å². The van der Waals surface area contributed by atoms with Crippen molar-refractivity contribution in [1.29, 1.82) is 0 Å². The van der Waals surface area contributed by atoms with Crippen LogP contribution in [0, 0.1) is 11.8 Å². The highest BCUT2D eigenvalue weighted by atomic mass is 16.2. The lowest BCUT2D eigenvalue weighted by Crippen LogP contribution is -2.38. The second-order valence-electron chi connectivity index (χ2n) is 8.90. The average Bonchev–Trinajstić information content (AvgIpc) is 3.35. The van der Waals surface area contributed by atoms with Crippen LogP contribution < -0.4 is 16.0 Å². The number of anilines is 3. The van der Waals surface area contributed by atoms with Gasteiger partial charge in [0.15, 0.2) is 0 Å². The first kappa shape index (κ1) is 28.1. The molecule has 200 valence electrons. The Hall–Kier alpha value is -4.43. The zero-order valence-electron chi connectivity index (χ0n) is 22.3. The van der Waals surface area contributed by atoms with Gasteiger partial charge < -0.3 is 25.8 Å². The molecule has 0 aliphatic carbocycles. The predicted molar refractivity (Wildman–Crippen MR) is 150 cm³/mol. The summed E-state index contributed by atoms with van der Waals surface area (Å²) in [5, 5.41) is 17.2. The molecule has 4 N–H and O–H groups in total. The van der Waals surface area contributed by atoms with Gasteiger partial charge in [-0.1, -0.05) is 17.9 Å². The van der Waals surface area contributed by atoms with Crippen molar-refractivity contribution in [3.63, 3.8) is 0 Å². The van der Waals surface area contributed by atoms with Gasteiger partial charge in [-0.3, -0.25) is 14.7 Å². The number of fused-ring (bicyclic) bond motifs is 1. The number of amides is 2. The highest BCUT2D eigenvalue weighted by molar-refractivity contribution is 5.91. The standard InChI is InChI=1S/C27H35N9O2/c1-5-28-26-20(17-30-27(33-26)32-22-12-13-23-21(16-22)18-31-34-23)10-7-6-8-14-29-24(37)19-36(4)25(38)11-9-15-35(2)3/h9,11-13,16-18H,5-6,8,14-15,19H2,1-4H3,(H,29,37)(H,31,34)(H2,28,30,32,33)/b11-9+. The van der Waals surface area contributed by atoms with E-state index in [0.29, 0.717) is 49.8 Å². The molecule has 0 fully saturated rings. The van der Waals surface area contributed by atoms with Crippen LogP contribution in [0.4, 0.5) is 17.5 Å². The van der Waals surface area contributed by atoms with Gasteiger partial charge in [-0.2, -0.15) is 10.1 Å². The highest BCUT2D eigenvalue weighted by Crippen LogP contribution is 2.21. The Morgan fingerprint density at radius 1 is 1.18 bits per heavy atom. The molecule has 1 aromatic carbocycles. The normalized spacial score (nSPS) is 10.9. The van der Waals surface area contributed by atoms with E-state index in [1.807, 2.05) is 44.1 Å². The minimum absolute atomic E-state index is 0.0104. The first-order valence-corrected chi connectivity index (χ1v) is 12.5. The molecule has 38 heavy (non-hydrogen) atoms. The van der Waals surface area contributed by atoms with Gasteiger partial charge in [-0.05, 0) is 45.6 Å². The molecule has 3 rings (SSSR count). The number of hydrogen-bond donors (Lipinski definition) is 4. The number of nitrogens with one attached hydrogen (secondary N) is 4. The van der Waals surface area contributed by atoms with E-state index in [1.165, 1.54) is 11.0 Å². The van der Waals surface area contributed by atoms with Crippen molar-refractivity contribution in [2.45, 2.75) is 19.8 Å². The van der Waals surface area contributed by atoms with Crippen LogP contribution in [-0.2, 0) is 9.59 Å². The molecule has 0 aliphatic heterocycles. The average molecular weight is 518 g/mol. The fourth-order valence-corrected chi connectivity index (χ4v) is 3.39. The summed E-state index contributed by atoms with van der Waals surface area (Å²) in [6, 6.07) is 5.85. The Morgan fingerprint density at radius 3 is 2.82 bits per heavy atom. The lowest BCUT2D eigenvalue weighted by Gasteiger charge is -2.14. The summed E-state index contributed by atoms with van der Waals surface area (Å²) in [5.74, 6) is 6.96. The summed E-state index contributed by atoms with van der Waals surface area (Å²) in [5.41, 5.74) is 2.52. The Kier molecular flexibility index (Phi) is 10.6. The SMILES string of the molecule is CCNc1nc(Nc2ccc3[nH]ncc3c2)ncc1C#CCCCNC(=O)CN(C)C(=O)/C=C/CN(C)C. The maximum absolute atomic E-state index is 12.1. The van der Waals surface area contributed by atoms with E-state index in [2.05, 4.69) is 48.0 Å². The number of unbranched alkanes of at least 4 members (excludes halogenated alkanes) is 1. The molecule has 0 unspecified atom stereocenters. The van der Waals surface area contributed by atoms with Gasteiger partial charge in [0.25, 0.3) is 0 Å². The van der Waals surface area contributed by atoms with Crippen LogP contribution in [-0.4, -0.2) is 89.1 Å². The first-order valence-electron chi connectivity index (χ1n) is 12.5. The fourth-order valence-electron chi connectivity index (χ4n) is 3.39. The summed E-state index contributed by atoms with van der Waals surface area (Å²) in [4.78, 5) is 36.5. The number of likely N-dealkylation sites (N-methyl/N-ethyl adjacent to an activating group) is 2. The van der Waals surface area contributed by atoms with E-state index in [1.54, 1.807) is 25.5 Å². The van der Waals surface area contributed by atoms with Crippen molar-refractivity contribution >= 4 is 40.2 Å². The lowest BCUT2D eigenvalue weighted by molar-refractivity contribution is -0.131. The number of hydrogen-bond acceptors (Lipinski definition) is 8. The number of benzene rings is 1. The molecule has 2 aromatic heterocycles. The third kappa shape index (κ3) is 8.90. The molecule has 11 nitrogen and oxygen atoms in total. The van der Waals surface area contributed by atoms with E-state index in [0.717, 1.165) is 16.6 Å². The summed E-state index contributed by atoms with van der Waals surface area (Å²) in [6.45, 7) is 3.84. The van der Waals surface area contributed by atoms with Gasteiger partial charge in [0.2, 0.25) is 17.8 Å². The largest absolute Gasteiger partial charge is 0.369 e. The van der Waals surface area contributed by atoms with Crippen LogP contribution in [0.5, 0.6) is 0 Å². The number of rotatable bonds is 12. The Bertz CT molecular complexity index is 1320. The maximum Gasteiger partial charge on any atom is 0.246 e. The molecule has 0 aliphatic rings. The van der Waals surface area contributed by atoms with Gasteiger partial charge in [-0.25, -0.2) is 4.98 Å². The Labute approximate surface area is 223 Å². The molecule has 0 radical (unpaired) electrons. The van der Waals surface area contributed by atoms with E-state index in [-0.39, 0.29) is 18.4 Å². The Balaban J connectivity index is 1.46. The Morgan fingerprint density at radius 2 is 2.03 bits per heavy atom. The quantitative estimate of drug-likeness (QED) is 0.164. The maximum atomic E-state index is 12.1. The fraction of sp³-hybridized carbons (Fsp3) is 0.370. The van der Waals surface area contributed by atoms with E-state index >= 15 is 0 Å². The number of aromatic nitrogens is 4. The molecule has 2 heterocycles. The zero-order chi connectivity index (χ0) is 27.3. The van der Waals surface area contributed by atoms with Crippen LogP contribution in [0.1, 0.15) is 25.3 Å². The van der Waals surface area contributed by atoms with Crippen molar-refractivity contribution in [1.82, 2.24) is 35.3 Å². The van der Waals surface area contributed by atoms with Gasteiger partial charge in [-0.15, -0.1) is 0 Å². The number of aromatic amines is 1. The second kappa shape index (κ2) is 14.3. The summed E-state index contributed by atoms with van der Waals surface area (Å²) >= 11 is 0. The van der Waals surface area contributed by atoms with Crippen LogP contribution in [0.2, 0.25) is 0 Å². The van der Waals surface area contributed by atoms with Crippen molar-refractivity contribution in [2.75, 3.05) is 58.0 Å². The summed E-state index contributed by atoms with van der Waals surface area (Å²) in [7, 11) is 5.45. The molecular weight excluding hydrogens is 482 g/mol. The minimum Gasteiger partial charge on any atom is -0.369 e. The van der Waals surface area contributed by atoms with Crippen molar-refractivity contribution in [2.24, 2.45) is 0 Å². The zero-order valence-corrected chi connectivity index (χ0v) is 22.3. The van der Waals surface area contributed by atoms with Gasteiger partial charge in [0.05, 0.1) is 30.0 Å². The van der Waals surface area contributed by atoms with Crippen LogP contribution in [0.15, 0.2) is 42.7 Å². The number of nitrogens with zero attached hydrogens (tertiary/aromatic N) is 5. The van der Waals surface area contributed by atoms with E-state index in [4.69, 9.17) is 0 Å². The minimum atomic E-state index is -0.202. The lowest BCUT2D eigenvalue weighted by atomic mass is 10.2. The van der Waals surface area contributed by atoms with Crippen LogP contribution in [0.25, 0.3) is 10.9 Å². The predicted octanol–water partition coefficient (Wildman–Crippen LogP) is 2.35. The third-order valence-electron chi connectivity index (χ3n) is 5.34. The smallest absolute Gasteiger partial charge is 0.246 e. The topological polar surface area (TPSA) is 131 Å². The van der Waals surface area contributed by atoms with E-state index in [9.17, 15) is 9.59 Å². The third-order valence-corrected chi connectivity index (χ3v) is 5.34. The highest BCUT2D eigenvalue weighted by Gasteiger charge is 2.10. The van der Waals surface area contributed by atoms with Crippen LogP contribution >= 0.6 is 0 Å². The van der Waals surface area contributed by atoms with E-state index < -0.39 is 0 Å². The molecule has 0 saturated carbocycles. The van der Waals surface area contributed by atoms with Crippen LogP contribution in [0.3, 0.4) is 0 Å². The van der Waals surface area contributed by atoms with Crippen molar-refractivity contribution in [3.8, 4) is 11.8 Å². The molecule has 3 aromatic rings. The molecular formula is C27H35N9O2. The monoisotopic (exact) mass is 517 g/mol.